The largest absolute Gasteiger partial charge is 0.457 e. The predicted molar refractivity (Wildman–Crippen MR) is 66.9 cm³/mol. The number of furan rings is 1. The van der Waals surface area contributed by atoms with Crippen molar-refractivity contribution in [2.75, 3.05) is 0 Å². The monoisotopic (exact) mass is 256 g/mol. The molecular formula is C14H9FN2O2. The maximum atomic E-state index is 13.5. The summed E-state index contributed by atoms with van der Waals surface area (Å²) in [6.45, 7) is 0. The standard InChI is InChI=1S/C14H9FN2O2/c15-12-4-2-1-3-11(12)13-6-5-10(19-13)7-9(8-16)14(17)18/h1-7H,(H2,17,18)/b9-7-. The van der Waals surface area contributed by atoms with Crippen molar-refractivity contribution in [1.29, 1.82) is 5.26 Å². The first-order valence-corrected chi connectivity index (χ1v) is 5.38. The number of nitriles is 1. The first-order valence-electron chi connectivity index (χ1n) is 5.38. The Morgan fingerprint density at radius 1 is 1.32 bits per heavy atom. The van der Waals surface area contributed by atoms with Gasteiger partial charge in [0.1, 0.15) is 29.0 Å². The molecule has 4 nitrogen and oxygen atoms in total. The molecule has 1 aromatic heterocycles. The fraction of sp³-hybridized carbons (Fsp3) is 0. The third-order valence-electron chi connectivity index (χ3n) is 2.44. The molecule has 0 bridgehead atoms. The van der Waals surface area contributed by atoms with Crippen molar-refractivity contribution in [1.82, 2.24) is 0 Å². The van der Waals surface area contributed by atoms with E-state index in [2.05, 4.69) is 0 Å². The van der Waals surface area contributed by atoms with Gasteiger partial charge in [-0.2, -0.15) is 5.26 Å². The molecule has 0 saturated carbocycles. The van der Waals surface area contributed by atoms with E-state index in [0.29, 0.717) is 11.3 Å². The number of hydrogen-bond acceptors (Lipinski definition) is 3. The molecule has 0 aliphatic carbocycles. The van der Waals surface area contributed by atoms with Crippen LogP contribution in [0.5, 0.6) is 0 Å². The number of nitrogens with zero attached hydrogens (tertiary/aromatic N) is 1. The Kier molecular flexibility index (Phi) is 3.44. The van der Waals surface area contributed by atoms with Crippen LogP contribution >= 0.6 is 0 Å². The summed E-state index contributed by atoms with van der Waals surface area (Å²) in [5, 5.41) is 8.70. The number of amides is 1. The molecule has 0 atom stereocenters. The summed E-state index contributed by atoms with van der Waals surface area (Å²) in [7, 11) is 0. The zero-order valence-corrected chi connectivity index (χ0v) is 9.76. The van der Waals surface area contributed by atoms with Gasteiger partial charge in [0.05, 0.1) is 5.56 Å². The number of primary amides is 1. The van der Waals surface area contributed by atoms with Gasteiger partial charge in [0.25, 0.3) is 5.91 Å². The van der Waals surface area contributed by atoms with Gasteiger partial charge in [-0.25, -0.2) is 4.39 Å². The molecule has 0 fully saturated rings. The Morgan fingerprint density at radius 3 is 2.68 bits per heavy atom. The van der Waals surface area contributed by atoms with E-state index in [1.54, 1.807) is 30.3 Å². The number of benzene rings is 1. The summed E-state index contributed by atoms with van der Waals surface area (Å²) >= 11 is 0. The van der Waals surface area contributed by atoms with Gasteiger partial charge in [-0.3, -0.25) is 4.79 Å². The van der Waals surface area contributed by atoms with Crippen molar-refractivity contribution in [3.05, 3.63) is 53.5 Å². The van der Waals surface area contributed by atoms with Crippen LogP contribution in [-0.4, -0.2) is 5.91 Å². The average molecular weight is 256 g/mol. The van der Waals surface area contributed by atoms with E-state index in [1.807, 2.05) is 0 Å². The quantitative estimate of drug-likeness (QED) is 0.676. The van der Waals surface area contributed by atoms with Gasteiger partial charge in [-0.05, 0) is 24.3 Å². The predicted octanol–water partition coefficient (Wildman–Crippen LogP) is 2.48. The van der Waals surface area contributed by atoms with Crippen LogP contribution in [0.2, 0.25) is 0 Å². The summed E-state index contributed by atoms with van der Waals surface area (Å²) < 4.78 is 18.9. The van der Waals surface area contributed by atoms with E-state index in [4.69, 9.17) is 15.4 Å². The number of halogens is 1. The second kappa shape index (κ2) is 5.19. The molecule has 2 rings (SSSR count). The van der Waals surface area contributed by atoms with E-state index < -0.39 is 11.7 Å². The van der Waals surface area contributed by atoms with Crippen molar-refractivity contribution < 1.29 is 13.6 Å². The number of carbonyl (C=O) groups is 1. The fourth-order valence-corrected chi connectivity index (χ4v) is 1.54. The maximum absolute atomic E-state index is 13.5. The van der Waals surface area contributed by atoms with Crippen LogP contribution in [0.4, 0.5) is 4.39 Å². The maximum Gasteiger partial charge on any atom is 0.259 e. The molecule has 0 unspecified atom stereocenters. The SMILES string of the molecule is N#C/C(=C/c1ccc(-c2ccccc2F)o1)C(N)=O. The van der Waals surface area contributed by atoms with Crippen LogP contribution in [0.3, 0.4) is 0 Å². The van der Waals surface area contributed by atoms with E-state index in [1.165, 1.54) is 18.2 Å². The molecule has 5 heteroatoms. The number of carbonyl (C=O) groups excluding carboxylic acids is 1. The van der Waals surface area contributed by atoms with Gasteiger partial charge >= 0.3 is 0 Å². The van der Waals surface area contributed by atoms with Crippen molar-refractivity contribution in [2.45, 2.75) is 0 Å². The average Bonchev–Trinajstić information content (AvgIpc) is 2.84. The normalized spacial score (nSPS) is 11.1. The van der Waals surface area contributed by atoms with Crippen molar-refractivity contribution in [3.63, 3.8) is 0 Å². The lowest BCUT2D eigenvalue weighted by atomic mass is 10.1. The summed E-state index contributed by atoms with van der Waals surface area (Å²) in [5.41, 5.74) is 5.08. The molecule has 1 heterocycles. The molecule has 0 spiro atoms. The third kappa shape index (κ3) is 2.69. The van der Waals surface area contributed by atoms with E-state index in [0.717, 1.165) is 0 Å². The van der Waals surface area contributed by atoms with Crippen LogP contribution in [0.15, 0.2) is 46.4 Å². The minimum atomic E-state index is -0.841. The molecule has 94 valence electrons. The van der Waals surface area contributed by atoms with Crippen LogP contribution in [-0.2, 0) is 4.79 Å². The third-order valence-corrected chi connectivity index (χ3v) is 2.44. The summed E-state index contributed by atoms with van der Waals surface area (Å²) in [5.74, 6) is -0.686. The molecular weight excluding hydrogens is 247 g/mol. The minimum Gasteiger partial charge on any atom is -0.457 e. The van der Waals surface area contributed by atoms with E-state index >= 15 is 0 Å². The second-order valence-corrected chi connectivity index (χ2v) is 3.72. The lowest BCUT2D eigenvalue weighted by Gasteiger charge is -1.97. The van der Waals surface area contributed by atoms with Gasteiger partial charge in [0, 0.05) is 6.08 Å². The van der Waals surface area contributed by atoms with Crippen molar-refractivity contribution in [2.24, 2.45) is 5.73 Å². The van der Waals surface area contributed by atoms with Crippen molar-refractivity contribution >= 4 is 12.0 Å². The summed E-state index contributed by atoms with van der Waals surface area (Å²) in [6.07, 6.45) is 1.21. The molecule has 2 N–H and O–H groups in total. The Bertz CT molecular complexity index is 695. The molecule has 0 aliphatic rings. The number of hydrogen-bond donors (Lipinski definition) is 1. The van der Waals surface area contributed by atoms with Crippen molar-refractivity contribution in [3.8, 4) is 17.4 Å². The van der Waals surface area contributed by atoms with E-state index in [-0.39, 0.29) is 11.3 Å². The topological polar surface area (TPSA) is 80.0 Å². The van der Waals surface area contributed by atoms with Gasteiger partial charge in [-0.1, -0.05) is 12.1 Å². The molecule has 2 aromatic rings. The zero-order chi connectivity index (χ0) is 13.8. The van der Waals surface area contributed by atoms with Crippen LogP contribution in [0.1, 0.15) is 5.76 Å². The van der Waals surface area contributed by atoms with Crippen LogP contribution in [0.25, 0.3) is 17.4 Å². The zero-order valence-electron chi connectivity index (χ0n) is 9.76. The highest BCUT2D eigenvalue weighted by molar-refractivity contribution is 6.00. The minimum absolute atomic E-state index is 0.227. The van der Waals surface area contributed by atoms with Gasteiger partial charge < -0.3 is 10.2 Å². The highest BCUT2D eigenvalue weighted by Gasteiger charge is 2.10. The Morgan fingerprint density at radius 2 is 2.05 bits per heavy atom. The molecule has 0 saturated heterocycles. The molecule has 1 amide bonds. The lowest BCUT2D eigenvalue weighted by molar-refractivity contribution is -0.114. The molecule has 0 aliphatic heterocycles. The smallest absolute Gasteiger partial charge is 0.259 e. The molecule has 1 aromatic carbocycles. The van der Waals surface area contributed by atoms with Gasteiger partial charge in [0.2, 0.25) is 0 Å². The molecule has 0 radical (unpaired) electrons. The highest BCUT2D eigenvalue weighted by atomic mass is 19.1. The van der Waals surface area contributed by atoms with Crippen LogP contribution < -0.4 is 5.73 Å². The second-order valence-electron chi connectivity index (χ2n) is 3.72. The summed E-state index contributed by atoms with van der Waals surface area (Å²) in [4.78, 5) is 10.9. The number of rotatable bonds is 3. The first-order chi connectivity index (χ1) is 9.11. The first kappa shape index (κ1) is 12.6. The number of nitrogens with two attached hydrogens (primary N) is 1. The lowest BCUT2D eigenvalue weighted by Crippen LogP contribution is -2.12. The summed E-state index contributed by atoms with van der Waals surface area (Å²) in [6, 6.07) is 10.9. The Hall–Kier alpha value is -2.87. The fourth-order valence-electron chi connectivity index (χ4n) is 1.54. The van der Waals surface area contributed by atoms with Crippen LogP contribution in [0, 0.1) is 17.1 Å². The molecule has 19 heavy (non-hydrogen) atoms. The van der Waals surface area contributed by atoms with Gasteiger partial charge in [-0.15, -0.1) is 0 Å². The van der Waals surface area contributed by atoms with Gasteiger partial charge in [0.15, 0.2) is 0 Å². The Labute approximate surface area is 108 Å². The van der Waals surface area contributed by atoms with E-state index in [9.17, 15) is 9.18 Å². The highest BCUT2D eigenvalue weighted by Crippen LogP contribution is 2.25. The Balaban J connectivity index is 2.38.